The van der Waals surface area contributed by atoms with Gasteiger partial charge in [0.05, 0.1) is 5.56 Å². The molecule has 0 atom stereocenters. The number of nitrogens with one attached hydrogen (secondary N) is 2. The standard InChI is InChI=1S/C19H23N3O3/c1-3-4-10-20-17(23)15-11-16(18(24)21-12-15)19(25)22(2)13-14-8-6-5-7-9-14/h5-9,11-12H,3-4,10,13H2,1-2H3,(H,20,23)(H,21,24). The number of nitrogens with zero attached hydrogens (tertiary/aromatic N) is 1. The Balaban J connectivity index is 2.14. The summed E-state index contributed by atoms with van der Waals surface area (Å²) in [6.45, 7) is 2.98. The molecule has 0 saturated carbocycles. The fourth-order valence-corrected chi connectivity index (χ4v) is 2.39. The molecule has 1 aromatic heterocycles. The van der Waals surface area contributed by atoms with E-state index in [2.05, 4.69) is 10.3 Å². The Kier molecular flexibility index (Phi) is 6.51. The normalized spacial score (nSPS) is 10.3. The number of amides is 2. The smallest absolute Gasteiger partial charge is 0.260 e. The number of aromatic nitrogens is 1. The van der Waals surface area contributed by atoms with Crippen LogP contribution in [0.1, 0.15) is 46.0 Å². The van der Waals surface area contributed by atoms with Crippen molar-refractivity contribution >= 4 is 11.8 Å². The third-order valence-corrected chi connectivity index (χ3v) is 3.82. The summed E-state index contributed by atoms with van der Waals surface area (Å²) in [5.74, 6) is -0.724. The minimum absolute atomic E-state index is 0.0402. The van der Waals surface area contributed by atoms with Gasteiger partial charge in [-0.15, -0.1) is 0 Å². The van der Waals surface area contributed by atoms with Gasteiger partial charge in [-0.3, -0.25) is 14.4 Å². The zero-order chi connectivity index (χ0) is 18.2. The molecule has 0 radical (unpaired) electrons. The Morgan fingerprint density at radius 1 is 1.20 bits per heavy atom. The maximum absolute atomic E-state index is 12.6. The highest BCUT2D eigenvalue weighted by atomic mass is 16.2. The molecule has 1 aromatic carbocycles. The second-order valence-electron chi connectivity index (χ2n) is 5.89. The van der Waals surface area contributed by atoms with Crippen LogP contribution < -0.4 is 10.9 Å². The highest BCUT2D eigenvalue weighted by molar-refractivity contribution is 5.99. The highest BCUT2D eigenvalue weighted by Gasteiger charge is 2.18. The first-order chi connectivity index (χ1) is 12.0. The SMILES string of the molecule is CCCCNC(=O)c1c[nH]c(=O)c(C(=O)N(C)Cc2ccccc2)c1. The third-order valence-electron chi connectivity index (χ3n) is 3.82. The minimum Gasteiger partial charge on any atom is -0.352 e. The van der Waals surface area contributed by atoms with Crippen molar-refractivity contribution in [1.82, 2.24) is 15.2 Å². The number of pyridine rings is 1. The van der Waals surface area contributed by atoms with Gasteiger partial charge in [0, 0.05) is 26.3 Å². The van der Waals surface area contributed by atoms with Crippen LogP contribution in [-0.4, -0.2) is 35.3 Å². The van der Waals surface area contributed by atoms with Crippen molar-refractivity contribution in [2.45, 2.75) is 26.3 Å². The minimum atomic E-state index is -0.505. The number of aromatic amines is 1. The number of H-pyrrole nitrogens is 1. The molecular weight excluding hydrogens is 318 g/mol. The van der Waals surface area contributed by atoms with E-state index in [0.717, 1.165) is 18.4 Å². The molecule has 2 N–H and O–H groups in total. The van der Waals surface area contributed by atoms with E-state index < -0.39 is 11.5 Å². The van der Waals surface area contributed by atoms with Crippen LogP contribution in [0, 0.1) is 0 Å². The summed E-state index contributed by atoms with van der Waals surface area (Å²) >= 11 is 0. The van der Waals surface area contributed by atoms with Crippen LogP contribution in [0.2, 0.25) is 0 Å². The molecule has 0 spiro atoms. The van der Waals surface area contributed by atoms with Gasteiger partial charge in [0.2, 0.25) is 0 Å². The molecule has 2 aromatic rings. The largest absolute Gasteiger partial charge is 0.352 e. The van der Waals surface area contributed by atoms with Crippen molar-refractivity contribution in [3.05, 3.63) is 69.6 Å². The zero-order valence-electron chi connectivity index (χ0n) is 14.5. The zero-order valence-corrected chi connectivity index (χ0v) is 14.5. The molecule has 0 bridgehead atoms. The summed E-state index contributed by atoms with van der Waals surface area (Å²) < 4.78 is 0. The van der Waals surface area contributed by atoms with Crippen molar-refractivity contribution in [1.29, 1.82) is 0 Å². The van der Waals surface area contributed by atoms with Crippen molar-refractivity contribution in [3.63, 3.8) is 0 Å². The van der Waals surface area contributed by atoms with E-state index in [0.29, 0.717) is 13.1 Å². The van der Waals surface area contributed by atoms with Crippen LogP contribution in [0.25, 0.3) is 0 Å². The molecule has 2 amide bonds. The van der Waals surface area contributed by atoms with Gasteiger partial charge >= 0.3 is 0 Å². The predicted octanol–water partition coefficient (Wildman–Crippen LogP) is 2.18. The Bertz CT molecular complexity index is 784. The van der Waals surface area contributed by atoms with E-state index in [1.54, 1.807) is 7.05 Å². The van der Waals surface area contributed by atoms with Gasteiger partial charge in [-0.05, 0) is 18.1 Å². The summed E-state index contributed by atoms with van der Waals surface area (Å²) in [6.07, 6.45) is 3.18. The van der Waals surface area contributed by atoms with Gasteiger partial charge in [-0.25, -0.2) is 0 Å². The summed E-state index contributed by atoms with van der Waals surface area (Å²) in [6, 6.07) is 10.8. The Morgan fingerprint density at radius 2 is 1.92 bits per heavy atom. The lowest BCUT2D eigenvalue weighted by Crippen LogP contribution is -2.32. The summed E-state index contributed by atoms with van der Waals surface area (Å²) in [5, 5.41) is 2.77. The number of hydrogen-bond donors (Lipinski definition) is 2. The lowest BCUT2D eigenvalue weighted by Gasteiger charge is -2.17. The van der Waals surface area contributed by atoms with Crippen molar-refractivity contribution < 1.29 is 9.59 Å². The van der Waals surface area contributed by atoms with E-state index in [-0.39, 0.29) is 17.0 Å². The van der Waals surface area contributed by atoms with Crippen molar-refractivity contribution in [3.8, 4) is 0 Å². The van der Waals surface area contributed by atoms with Gasteiger partial charge in [-0.2, -0.15) is 0 Å². The van der Waals surface area contributed by atoms with Gasteiger partial charge in [0.1, 0.15) is 5.56 Å². The number of rotatable bonds is 7. The van der Waals surface area contributed by atoms with Gasteiger partial charge in [0.25, 0.3) is 17.4 Å². The molecule has 0 fully saturated rings. The first-order valence-corrected chi connectivity index (χ1v) is 8.33. The average Bonchev–Trinajstić information content (AvgIpc) is 2.62. The molecule has 0 aliphatic rings. The summed E-state index contributed by atoms with van der Waals surface area (Å²) in [7, 11) is 1.63. The maximum atomic E-state index is 12.6. The van der Waals surface area contributed by atoms with Gasteiger partial charge in [0.15, 0.2) is 0 Å². The van der Waals surface area contributed by atoms with E-state index in [1.807, 2.05) is 37.3 Å². The molecule has 2 rings (SSSR count). The second kappa shape index (κ2) is 8.82. The van der Waals surface area contributed by atoms with Crippen LogP contribution in [0.15, 0.2) is 47.4 Å². The molecule has 6 nitrogen and oxygen atoms in total. The second-order valence-corrected chi connectivity index (χ2v) is 5.89. The lowest BCUT2D eigenvalue weighted by molar-refractivity contribution is 0.0783. The lowest BCUT2D eigenvalue weighted by atomic mass is 10.1. The first kappa shape index (κ1) is 18.4. The number of carbonyl (C=O) groups excluding carboxylic acids is 2. The number of carbonyl (C=O) groups is 2. The van der Waals surface area contributed by atoms with E-state index >= 15 is 0 Å². The van der Waals surface area contributed by atoms with E-state index in [1.165, 1.54) is 17.2 Å². The van der Waals surface area contributed by atoms with Crippen LogP contribution >= 0.6 is 0 Å². The quantitative estimate of drug-likeness (QED) is 0.757. The number of benzene rings is 1. The van der Waals surface area contributed by atoms with Crippen molar-refractivity contribution in [2.75, 3.05) is 13.6 Å². The Morgan fingerprint density at radius 3 is 2.60 bits per heavy atom. The molecular formula is C19H23N3O3. The fraction of sp³-hybridized carbons (Fsp3) is 0.316. The number of hydrogen-bond acceptors (Lipinski definition) is 3. The Labute approximate surface area is 146 Å². The molecule has 0 aliphatic heterocycles. The van der Waals surface area contributed by atoms with Crippen LogP contribution in [0.3, 0.4) is 0 Å². The van der Waals surface area contributed by atoms with Gasteiger partial charge in [-0.1, -0.05) is 43.7 Å². The molecule has 0 unspecified atom stereocenters. The molecule has 25 heavy (non-hydrogen) atoms. The molecule has 6 heteroatoms. The van der Waals surface area contributed by atoms with Crippen LogP contribution in [0.5, 0.6) is 0 Å². The van der Waals surface area contributed by atoms with Crippen LogP contribution in [0.4, 0.5) is 0 Å². The summed E-state index contributed by atoms with van der Waals surface area (Å²) in [4.78, 5) is 40.6. The third kappa shape index (κ3) is 5.04. The first-order valence-electron chi connectivity index (χ1n) is 8.33. The molecule has 0 aliphatic carbocycles. The topological polar surface area (TPSA) is 82.3 Å². The van der Waals surface area contributed by atoms with Crippen LogP contribution in [-0.2, 0) is 6.54 Å². The fourth-order valence-electron chi connectivity index (χ4n) is 2.39. The number of unbranched alkanes of at least 4 members (excludes halogenated alkanes) is 1. The van der Waals surface area contributed by atoms with Gasteiger partial charge < -0.3 is 15.2 Å². The summed E-state index contributed by atoms with van der Waals surface area (Å²) in [5.41, 5.74) is 0.687. The monoisotopic (exact) mass is 341 g/mol. The molecule has 0 saturated heterocycles. The Hall–Kier alpha value is -2.89. The van der Waals surface area contributed by atoms with Crippen molar-refractivity contribution in [2.24, 2.45) is 0 Å². The highest BCUT2D eigenvalue weighted by Crippen LogP contribution is 2.07. The maximum Gasteiger partial charge on any atom is 0.260 e. The van der Waals surface area contributed by atoms with E-state index in [4.69, 9.17) is 0 Å². The molecule has 132 valence electrons. The average molecular weight is 341 g/mol. The molecule has 1 heterocycles. The van der Waals surface area contributed by atoms with E-state index in [9.17, 15) is 14.4 Å². The predicted molar refractivity (Wildman–Crippen MR) is 96.5 cm³/mol.